The fraction of sp³-hybridized carbons (Fsp3) is 0.583. The van der Waals surface area contributed by atoms with E-state index in [-0.39, 0.29) is 22.6 Å². The van der Waals surface area contributed by atoms with E-state index in [1.165, 1.54) is 70.1 Å². The number of carbonyl (C=O) groups excluding carboxylic acids is 2. The maximum Gasteiger partial charge on any atom is 0.348 e. The number of nitrogens with two attached hydrogens (primary N) is 1. The van der Waals surface area contributed by atoms with E-state index < -0.39 is 10.9 Å². The average molecular weight is 539 g/mol. The molecular formula is C24H34N4O6S2. The molecule has 2 fully saturated rings. The lowest BCUT2D eigenvalue weighted by Crippen LogP contribution is -2.22. The van der Waals surface area contributed by atoms with E-state index in [0.29, 0.717) is 21.6 Å². The highest BCUT2D eigenvalue weighted by atomic mass is 32.1. The zero-order chi connectivity index (χ0) is 26.1. The number of rotatable bonds is 7. The molecule has 0 bridgehead atoms. The number of carbonyl (C=O) groups is 2. The molecule has 0 saturated heterocycles. The van der Waals surface area contributed by atoms with E-state index >= 15 is 0 Å². The third kappa shape index (κ3) is 7.57. The van der Waals surface area contributed by atoms with Gasteiger partial charge in [0, 0.05) is 18.2 Å². The second-order valence-corrected chi connectivity index (χ2v) is 11.0. The normalized spacial score (nSPS) is 16.4. The van der Waals surface area contributed by atoms with Gasteiger partial charge in [-0.3, -0.25) is 10.1 Å². The van der Waals surface area contributed by atoms with Crippen LogP contribution in [0.1, 0.15) is 83.6 Å². The second kappa shape index (κ2) is 13.4. The summed E-state index contributed by atoms with van der Waals surface area (Å²) in [5.74, 6) is -0.858. The molecule has 0 aromatic carbocycles. The quantitative estimate of drug-likeness (QED) is 0.218. The number of nitro groups is 1. The van der Waals surface area contributed by atoms with Gasteiger partial charge in [0.25, 0.3) is 0 Å². The van der Waals surface area contributed by atoms with Gasteiger partial charge >= 0.3 is 17.6 Å². The highest BCUT2D eigenvalue weighted by Crippen LogP contribution is 2.37. The molecule has 0 spiro atoms. The lowest BCUT2D eigenvalue weighted by Gasteiger charge is -2.23. The van der Waals surface area contributed by atoms with Crippen molar-refractivity contribution in [1.29, 1.82) is 0 Å². The van der Waals surface area contributed by atoms with Gasteiger partial charge in [-0.05, 0) is 31.7 Å². The van der Waals surface area contributed by atoms with Gasteiger partial charge in [0.2, 0.25) is 0 Å². The molecule has 2 saturated carbocycles. The lowest BCUT2D eigenvalue weighted by molar-refractivity contribution is -0.383. The summed E-state index contributed by atoms with van der Waals surface area (Å²) in [6, 6.07) is 3.72. The zero-order valence-corrected chi connectivity index (χ0v) is 22.3. The van der Waals surface area contributed by atoms with Crippen LogP contribution in [0.2, 0.25) is 0 Å². The molecule has 2 aromatic rings. The number of thiophene rings is 2. The van der Waals surface area contributed by atoms with E-state index in [4.69, 9.17) is 5.73 Å². The van der Waals surface area contributed by atoms with Crippen molar-refractivity contribution in [2.45, 2.75) is 76.3 Å². The van der Waals surface area contributed by atoms with Crippen molar-refractivity contribution in [3.63, 3.8) is 0 Å². The molecule has 0 aliphatic heterocycles. The average Bonchev–Trinajstić information content (AvgIpc) is 3.48. The van der Waals surface area contributed by atoms with E-state index in [9.17, 15) is 19.7 Å². The fourth-order valence-corrected chi connectivity index (χ4v) is 6.40. The Kier molecular flexibility index (Phi) is 10.4. The molecule has 2 aliphatic carbocycles. The summed E-state index contributed by atoms with van der Waals surface area (Å²) >= 11 is 2.46. The molecule has 0 atom stereocenters. The van der Waals surface area contributed by atoms with Gasteiger partial charge in [-0.1, -0.05) is 38.5 Å². The number of nitrogens with one attached hydrogen (secondary N) is 2. The number of hydrogen-bond donors (Lipinski definition) is 3. The van der Waals surface area contributed by atoms with E-state index in [2.05, 4.69) is 20.1 Å². The molecule has 10 nitrogen and oxygen atoms in total. The first-order valence-corrected chi connectivity index (χ1v) is 13.8. The molecule has 0 amide bonds. The first kappa shape index (κ1) is 27.7. The van der Waals surface area contributed by atoms with Crippen LogP contribution in [0.15, 0.2) is 12.1 Å². The second-order valence-electron chi connectivity index (χ2n) is 8.92. The number of esters is 2. The topological polar surface area (TPSA) is 146 Å². The van der Waals surface area contributed by atoms with Crippen LogP contribution in [0.25, 0.3) is 0 Å². The van der Waals surface area contributed by atoms with Gasteiger partial charge in [0.1, 0.15) is 14.8 Å². The van der Waals surface area contributed by atoms with Crippen LogP contribution >= 0.6 is 22.7 Å². The number of anilines is 3. The summed E-state index contributed by atoms with van der Waals surface area (Å²) in [5, 5.41) is 19.0. The molecule has 2 aliphatic rings. The minimum Gasteiger partial charge on any atom is -0.465 e. The molecule has 4 rings (SSSR count). The summed E-state index contributed by atoms with van der Waals surface area (Å²) in [4.78, 5) is 34.2. The highest BCUT2D eigenvalue weighted by molar-refractivity contribution is 7.18. The third-order valence-electron chi connectivity index (χ3n) is 6.32. The van der Waals surface area contributed by atoms with Gasteiger partial charge in [-0.2, -0.15) is 0 Å². The van der Waals surface area contributed by atoms with Gasteiger partial charge in [0.15, 0.2) is 5.00 Å². The van der Waals surface area contributed by atoms with Gasteiger partial charge < -0.3 is 25.8 Å². The van der Waals surface area contributed by atoms with Crippen molar-refractivity contribution in [2.24, 2.45) is 0 Å². The summed E-state index contributed by atoms with van der Waals surface area (Å²) in [7, 11) is 2.65. The highest BCUT2D eigenvalue weighted by Gasteiger charge is 2.25. The summed E-state index contributed by atoms with van der Waals surface area (Å²) in [6.07, 6.45) is 11.8. The van der Waals surface area contributed by atoms with E-state index in [1.54, 1.807) is 6.07 Å². The van der Waals surface area contributed by atoms with Gasteiger partial charge in [0.05, 0.1) is 24.8 Å². The van der Waals surface area contributed by atoms with Crippen molar-refractivity contribution in [1.82, 2.24) is 0 Å². The SMILES string of the molecule is COC(=O)c1cc(N)c(NC2CCCCC2)s1.COC(=O)c1cc([N+](=O)[O-])c(NC2CCCCC2)s1. The Morgan fingerprint density at radius 3 is 1.78 bits per heavy atom. The van der Waals surface area contributed by atoms with Crippen LogP contribution in [-0.2, 0) is 9.47 Å². The third-order valence-corrected chi connectivity index (χ3v) is 8.42. The molecule has 0 radical (unpaired) electrons. The van der Waals surface area contributed by atoms with Crippen LogP contribution < -0.4 is 16.4 Å². The Morgan fingerprint density at radius 1 is 0.861 bits per heavy atom. The minimum atomic E-state index is -0.537. The van der Waals surface area contributed by atoms with Crippen LogP contribution in [0.5, 0.6) is 0 Å². The van der Waals surface area contributed by atoms with Gasteiger partial charge in [-0.15, -0.1) is 22.7 Å². The molecule has 12 heteroatoms. The maximum absolute atomic E-state index is 11.4. The molecule has 4 N–H and O–H groups in total. The number of nitrogens with zero attached hydrogens (tertiary/aromatic N) is 1. The fourth-order valence-electron chi connectivity index (χ4n) is 4.41. The minimum absolute atomic E-state index is 0.0454. The maximum atomic E-state index is 11.4. The number of methoxy groups -OCH3 is 2. The Morgan fingerprint density at radius 2 is 1.31 bits per heavy atom. The van der Waals surface area contributed by atoms with Crippen molar-refractivity contribution in [3.05, 3.63) is 32.0 Å². The summed E-state index contributed by atoms with van der Waals surface area (Å²) < 4.78 is 9.28. The van der Waals surface area contributed by atoms with Crippen molar-refractivity contribution >= 4 is 56.0 Å². The Labute approximate surface area is 218 Å². The van der Waals surface area contributed by atoms with Crippen molar-refractivity contribution in [2.75, 3.05) is 30.6 Å². The number of hydrogen-bond acceptors (Lipinski definition) is 11. The molecule has 36 heavy (non-hydrogen) atoms. The largest absolute Gasteiger partial charge is 0.465 e. The predicted octanol–water partition coefficient (Wildman–Crippen LogP) is 6.05. The standard InChI is InChI=1S/C12H16N2O4S.C12H18N2O2S/c1-18-12(15)10-7-9(14(16)17)11(19-10)13-8-5-3-2-4-6-8;1-16-12(15)10-7-9(13)11(17-10)14-8-5-3-2-4-6-8/h7-8,13H,2-6H2,1H3;7-8,14H,2-6,13H2,1H3. The predicted molar refractivity (Wildman–Crippen MR) is 143 cm³/mol. The lowest BCUT2D eigenvalue weighted by atomic mass is 9.96. The van der Waals surface area contributed by atoms with Crippen molar-refractivity contribution in [3.8, 4) is 0 Å². The molecule has 0 unspecified atom stereocenters. The van der Waals surface area contributed by atoms with Crippen molar-refractivity contribution < 1.29 is 24.0 Å². The Hall–Kier alpha value is -2.86. The molecule has 198 valence electrons. The molecule has 2 heterocycles. The van der Waals surface area contributed by atoms with E-state index in [1.807, 2.05) is 0 Å². The van der Waals surface area contributed by atoms with Crippen LogP contribution in [-0.4, -0.2) is 43.2 Å². The monoisotopic (exact) mass is 538 g/mol. The smallest absolute Gasteiger partial charge is 0.348 e. The van der Waals surface area contributed by atoms with E-state index in [0.717, 1.165) is 42.0 Å². The summed E-state index contributed by atoms with van der Waals surface area (Å²) in [5.41, 5.74) is 6.49. The molecule has 2 aromatic heterocycles. The number of ether oxygens (including phenoxy) is 2. The molecular weight excluding hydrogens is 504 g/mol. The first-order valence-electron chi connectivity index (χ1n) is 12.2. The summed E-state index contributed by atoms with van der Waals surface area (Å²) in [6.45, 7) is 0. The first-order chi connectivity index (χ1) is 17.3. The Bertz CT molecular complexity index is 1040. The van der Waals surface area contributed by atoms with Crippen LogP contribution in [0, 0.1) is 10.1 Å². The van der Waals surface area contributed by atoms with Crippen LogP contribution in [0.3, 0.4) is 0 Å². The van der Waals surface area contributed by atoms with Gasteiger partial charge in [-0.25, -0.2) is 9.59 Å². The Balaban J connectivity index is 0.000000202. The van der Waals surface area contributed by atoms with Crippen LogP contribution in [0.4, 0.5) is 21.4 Å². The zero-order valence-electron chi connectivity index (χ0n) is 20.7. The number of nitrogen functional groups attached to an aromatic ring is 1.